The van der Waals surface area contributed by atoms with Gasteiger partial charge < -0.3 is 15.4 Å². The van der Waals surface area contributed by atoms with E-state index in [1.165, 1.54) is 12.3 Å². The molecule has 1 fully saturated rings. The Kier molecular flexibility index (Phi) is 4.22. The van der Waals surface area contributed by atoms with Gasteiger partial charge in [0.05, 0.1) is 17.1 Å². The lowest BCUT2D eigenvalue weighted by Crippen LogP contribution is -2.43. The van der Waals surface area contributed by atoms with Crippen molar-refractivity contribution in [2.75, 3.05) is 38.1 Å². The largest absolute Gasteiger partial charge is 0.482 e. The first-order chi connectivity index (χ1) is 13.7. The van der Waals surface area contributed by atoms with Gasteiger partial charge in [-0.3, -0.25) is 14.1 Å². The van der Waals surface area contributed by atoms with E-state index in [-0.39, 0.29) is 18.3 Å². The molecule has 0 bridgehead atoms. The molecule has 1 aromatic carbocycles. The van der Waals surface area contributed by atoms with E-state index < -0.39 is 0 Å². The van der Waals surface area contributed by atoms with Crippen LogP contribution >= 0.6 is 0 Å². The number of hydrogen-bond donors (Lipinski definition) is 2. The first-order valence-corrected chi connectivity index (χ1v) is 9.34. The number of nitrogens with one attached hydrogen (secondary N) is 2. The Labute approximate surface area is 161 Å². The number of benzene rings is 1. The predicted molar refractivity (Wildman–Crippen MR) is 103 cm³/mol. The van der Waals surface area contributed by atoms with Crippen molar-refractivity contribution in [3.63, 3.8) is 0 Å². The standard InChI is InChI=1S/C20H20FN5O2/c21-14-2-4-18-24-20(13-1-3-17-15(9-13)23-19(27)12-28-17)16(26(18)10-14)11-25-7-5-22-6-8-25/h1-4,9-10,22H,5-8,11-12H2,(H,23,27). The minimum absolute atomic E-state index is 0.0221. The average molecular weight is 381 g/mol. The van der Waals surface area contributed by atoms with Gasteiger partial charge in [-0.1, -0.05) is 0 Å². The number of nitrogens with zero attached hydrogens (tertiary/aromatic N) is 3. The van der Waals surface area contributed by atoms with E-state index >= 15 is 0 Å². The van der Waals surface area contributed by atoms with Crippen LogP contribution in [0.25, 0.3) is 16.9 Å². The Hall–Kier alpha value is -2.97. The summed E-state index contributed by atoms with van der Waals surface area (Å²) in [5.41, 5.74) is 3.90. The SMILES string of the molecule is O=C1COc2ccc(-c3nc4ccc(F)cn4c3CN3CCNCC3)cc2N1. The monoisotopic (exact) mass is 381 g/mol. The van der Waals surface area contributed by atoms with Gasteiger partial charge in [0.2, 0.25) is 0 Å². The number of pyridine rings is 1. The van der Waals surface area contributed by atoms with E-state index in [4.69, 9.17) is 9.72 Å². The quantitative estimate of drug-likeness (QED) is 0.725. The fourth-order valence-electron chi connectivity index (χ4n) is 3.76. The molecular formula is C20H20FN5O2. The van der Waals surface area contributed by atoms with Crippen LogP contribution in [0.4, 0.5) is 10.1 Å². The molecule has 0 aliphatic carbocycles. The van der Waals surface area contributed by atoms with Crippen LogP contribution < -0.4 is 15.4 Å². The smallest absolute Gasteiger partial charge is 0.262 e. The summed E-state index contributed by atoms with van der Waals surface area (Å²) in [6.07, 6.45) is 1.48. The lowest BCUT2D eigenvalue weighted by molar-refractivity contribution is -0.118. The Balaban J connectivity index is 1.61. The van der Waals surface area contributed by atoms with Gasteiger partial charge in [0.15, 0.2) is 6.61 Å². The number of aromatic nitrogens is 2. The first kappa shape index (κ1) is 17.2. The van der Waals surface area contributed by atoms with Gasteiger partial charge in [-0.2, -0.15) is 0 Å². The molecule has 4 heterocycles. The number of anilines is 1. The fourth-order valence-corrected chi connectivity index (χ4v) is 3.76. The molecule has 8 heteroatoms. The molecule has 0 saturated carbocycles. The zero-order valence-electron chi connectivity index (χ0n) is 15.2. The Morgan fingerprint density at radius 3 is 2.89 bits per heavy atom. The minimum atomic E-state index is -0.302. The van der Waals surface area contributed by atoms with Crippen molar-refractivity contribution in [3.05, 3.63) is 48.0 Å². The number of fused-ring (bicyclic) bond motifs is 2. The number of amides is 1. The zero-order valence-corrected chi connectivity index (χ0v) is 15.2. The molecule has 7 nitrogen and oxygen atoms in total. The van der Waals surface area contributed by atoms with Crippen molar-refractivity contribution >= 4 is 17.2 Å². The van der Waals surface area contributed by atoms with Gasteiger partial charge in [-0.15, -0.1) is 0 Å². The van der Waals surface area contributed by atoms with Crippen molar-refractivity contribution in [3.8, 4) is 17.0 Å². The van der Waals surface area contributed by atoms with Gasteiger partial charge in [0.25, 0.3) is 5.91 Å². The summed E-state index contributed by atoms with van der Waals surface area (Å²) in [7, 11) is 0. The summed E-state index contributed by atoms with van der Waals surface area (Å²) in [5, 5.41) is 6.18. The highest BCUT2D eigenvalue weighted by atomic mass is 19.1. The molecule has 28 heavy (non-hydrogen) atoms. The summed E-state index contributed by atoms with van der Waals surface area (Å²) < 4.78 is 21.2. The molecule has 1 saturated heterocycles. The van der Waals surface area contributed by atoms with Crippen molar-refractivity contribution in [2.24, 2.45) is 0 Å². The summed E-state index contributed by atoms with van der Waals surface area (Å²) in [4.78, 5) is 18.8. The first-order valence-electron chi connectivity index (χ1n) is 9.34. The second kappa shape index (κ2) is 6.88. The highest BCUT2D eigenvalue weighted by molar-refractivity contribution is 5.96. The van der Waals surface area contributed by atoms with Crippen molar-refractivity contribution < 1.29 is 13.9 Å². The molecule has 2 aliphatic rings. The Morgan fingerprint density at radius 1 is 1.18 bits per heavy atom. The minimum Gasteiger partial charge on any atom is -0.482 e. The van der Waals surface area contributed by atoms with Crippen LogP contribution in [0.1, 0.15) is 5.69 Å². The van der Waals surface area contributed by atoms with Crippen LogP contribution in [0.2, 0.25) is 0 Å². The highest BCUT2D eigenvalue weighted by Gasteiger charge is 2.21. The number of carbonyl (C=O) groups is 1. The summed E-state index contributed by atoms with van der Waals surface area (Å²) in [6, 6.07) is 8.73. The summed E-state index contributed by atoms with van der Waals surface area (Å²) in [6.45, 7) is 4.41. The fraction of sp³-hybridized carbons (Fsp3) is 0.300. The van der Waals surface area contributed by atoms with Crippen LogP contribution in [0.15, 0.2) is 36.5 Å². The van der Waals surface area contributed by atoms with Crippen molar-refractivity contribution in [1.82, 2.24) is 19.6 Å². The number of rotatable bonds is 3. The summed E-state index contributed by atoms with van der Waals surface area (Å²) in [5.74, 6) is 0.161. The maximum Gasteiger partial charge on any atom is 0.262 e. The van der Waals surface area contributed by atoms with Crippen LogP contribution in [-0.4, -0.2) is 53.0 Å². The normalized spacial score (nSPS) is 17.2. The van der Waals surface area contributed by atoms with Crippen LogP contribution in [-0.2, 0) is 11.3 Å². The molecule has 5 rings (SSSR count). The molecule has 0 radical (unpaired) electrons. The summed E-state index contributed by atoms with van der Waals surface area (Å²) >= 11 is 0. The highest BCUT2D eigenvalue weighted by Crippen LogP contribution is 2.34. The number of piperazine rings is 1. The third-order valence-corrected chi connectivity index (χ3v) is 5.15. The van der Waals surface area contributed by atoms with E-state index in [0.717, 1.165) is 43.1 Å². The maximum atomic E-state index is 13.9. The maximum absolute atomic E-state index is 13.9. The molecule has 1 amide bonds. The third-order valence-electron chi connectivity index (χ3n) is 5.15. The molecule has 2 N–H and O–H groups in total. The van der Waals surface area contributed by atoms with E-state index in [2.05, 4.69) is 15.5 Å². The molecule has 2 aromatic heterocycles. The van der Waals surface area contributed by atoms with Gasteiger partial charge in [-0.05, 0) is 30.3 Å². The molecule has 0 spiro atoms. The molecule has 3 aromatic rings. The molecular weight excluding hydrogens is 361 g/mol. The predicted octanol–water partition coefficient (Wildman–Crippen LogP) is 1.88. The Morgan fingerprint density at radius 2 is 2.04 bits per heavy atom. The van der Waals surface area contributed by atoms with Gasteiger partial charge in [0, 0.05) is 44.5 Å². The topological polar surface area (TPSA) is 70.9 Å². The van der Waals surface area contributed by atoms with Gasteiger partial charge in [0.1, 0.15) is 17.2 Å². The van der Waals surface area contributed by atoms with E-state index in [9.17, 15) is 9.18 Å². The zero-order chi connectivity index (χ0) is 19.1. The lowest BCUT2D eigenvalue weighted by atomic mass is 10.1. The van der Waals surface area contributed by atoms with Crippen molar-refractivity contribution in [2.45, 2.75) is 6.54 Å². The van der Waals surface area contributed by atoms with Gasteiger partial charge in [-0.25, -0.2) is 9.37 Å². The molecule has 0 unspecified atom stereocenters. The second-order valence-corrected chi connectivity index (χ2v) is 7.06. The van der Waals surface area contributed by atoms with Crippen LogP contribution in [0, 0.1) is 5.82 Å². The van der Waals surface area contributed by atoms with E-state index in [1.54, 1.807) is 6.07 Å². The second-order valence-electron chi connectivity index (χ2n) is 7.06. The molecule has 0 atom stereocenters. The van der Waals surface area contributed by atoms with Gasteiger partial charge >= 0.3 is 0 Å². The number of imidazole rings is 1. The van der Waals surface area contributed by atoms with Crippen LogP contribution in [0.3, 0.4) is 0 Å². The average Bonchev–Trinajstić information content (AvgIpc) is 3.06. The molecule has 144 valence electrons. The molecule has 2 aliphatic heterocycles. The number of halogens is 1. The van der Waals surface area contributed by atoms with Crippen molar-refractivity contribution in [1.29, 1.82) is 0 Å². The lowest BCUT2D eigenvalue weighted by Gasteiger charge is -2.27. The number of carbonyl (C=O) groups excluding carboxylic acids is 1. The number of hydrogen-bond acceptors (Lipinski definition) is 5. The van der Waals surface area contributed by atoms with E-state index in [1.807, 2.05) is 22.6 Å². The van der Waals surface area contributed by atoms with E-state index in [0.29, 0.717) is 23.6 Å². The van der Waals surface area contributed by atoms with Crippen LogP contribution in [0.5, 0.6) is 5.75 Å². The Bertz CT molecular complexity index is 1060. The third kappa shape index (κ3) is 3.10. The number of ether oxygens (including phenoxy) is 1.